The van der Waals surface area contributed by atoms with E-state index in [-0.39, 0.29) is 5.91 Å². The summed E-state index contributed by atoms with van der Waals surface area (Å²) in [6, 6.07) is 8.62. The second-order valence-electron chi connectivity index (χ2n) is 7.13. The lowest BCUT2D eigenvalue weighted by Crippen LogP contribution is -2.42. The Bertz CT molecular complexity index is 564. The molecular formula is C20H34N4O. The number of nitrogens with zero attached hydrogens (tertiary/aromatic N) is 1. The maximum absolute atomic E-state index is 12.1. The average molecular weight is 347 g/mol. The van der Waals surface area contributed by atoms with Crippen molar-refractivity contribution in [2.75, 3.05) is 26.2 Å². The summed E-state index contributed by atoms with van der Waals surface area (Å²) < 4.78 is 0. The largest absolute Gasteiger partial charge is 0.357 e. The lowest BCUT2D eigenvalue weighted by Gasteiger charge is -2.22. The van der Waals surface area contributed by atoms with E-state index in [9.17, 15) is 4.79 Å². The fourth-order valence-corrected chi connectivity index (χ4v) is 2.35. The van der Waals surface area contributed by atoms with Gasteiger partial charge in [0.1, 0.15) is 0 Å². The van der Waals surface area contributed by atoms with Gasteiger partial charge in [0.2, 0.25) is 5.91 Å². The summed E-state index contributed by atoms with van der Waals surface area (Å²) in [6.07, 6.45) is 0. The third-order valence-electron chi connectivity index (χ3n) is 4.15. The number of nitrogens with one attached hydrogen (secondary N) is 3. The van der Waals surface area contributed by atoms with E-state index in [2.05, 4.69) is 59.1 Å². The number of carbonyl (C=O) groups is 1. The minimum atomic E-state index is -0.527. The molecule has 0 heterocycles. The zero-order chi connectivity index (χ0) is 18.9. The lowest BCUT2D eigenvalue weighted by molar-refractivity contribution is -0.128. The van der Waals surface area contributed by atoms with Gasteiger partial charge in [-0.05, 0) is 46.1 Å². The van der Waals surface area contributed by atoms with Crippen LogP contribution in [0.4, 0.5) is 0 Å². The van der Waals surface area contributed by atoms with Crippen LogP contribution in [0.2, 0.25) is 0 Å². The molecule has 0 bridgehead atoms. The smallest absolute Gasteiger partial charge is 0.227 e. The Morgan fingerprint density at radius 1 is 1.08 bits per heavy atom. The zero-order valence-electron chi connectivity index (χ0n) is 16.6. The van der Waals surface area contributed by atoms with Crippen LogP contribution in [0.3, 0.4) is 0 Å². The fraction of sp³-hybridized carbons (Fsp3) is 0.600. The van der Waals surface area contributed by atoms with E-state index >= 15 is 0 Å². The van der Waals surface area contributed by atoms with Crippen LogP contribution < -0.4 is 16.0 Å². The molecule has 25 heavy (non-hydrogen) atoms. The summed E-state index contributed by atoms with van der Waals surface area (Å²) in [4.78, 5) is 16.7. The van der Waals surface area contributed by atoms with Gasteiger partial charge in [0.05, 0.1) is 12.0 Å². The predicted molar refractivity (Wildman–Crippen MR) is 106 cm³/mol. The molecule has 140 valence electrons. The number of hydrogen-bond donors (Lipinski definition) is 3. The average Bonchev–Trinajstić information content (AvgIpc) is 2.58. The minimum absolute atomic E-state index is 0.0302. The molecule has 1 aromatic carbocycles. The predicted octanol–water partition coefficient (Wildman–Crippen LogP) is 2.82. The Labute approximate surface area is 152 Å². The van der Waals surface area contributed by atoms with Crippen molar-refractivity contribution in [3.8, 4) is 0 Å². The summed E-state index contributed by atoms with van der Waals surface area (Å²) >= 11 is 0. The van der Waals surface area contributed by atoms with Crippen molar-refractivity contribution < 1.29 is 4.79 Å². The molecule has 0 saturated heterocycles. The number of carbonyl (C=O) groups excluding carboxylic acids is 1. The SMILES string of the molecule is CCNC(=O)C(C)(C)CN=C(NCC)NCC(C)c1ccc(C)cc1. The highest BCUT2D eigenvalue weighted by atomic mass is 16.2. The molecular weight excluding hydrogens is 312 g/mol. The number of aryl methyl sites for hydroxylation is 1. The minimum Gasteiger partial charge on any atom is -0.357 e. The van der Waals surface area contributed by atoms with E-state index in [1.165, 1.54) is 11.1 Å². The van der Waals surface area contributed by atoms with Crippen LogP contribution in [0, 0.1) is 12.3 Å². The maximum atomic E-state index is 12.1. The van der Waals surface area contributed by atoms with E-state index in [4.69, 9.17) is 0 Å². The molecule has 1 aromatic rings. The number of rotatable bonds is 8. The second-order valence-corrected chi connectivity index (χ2v) is 7.13. The van der Waals surface area contributed by atoms with Crippen LogP contribution >= 0.6 is 0 Å². The molecule has 5 nitrogen and oxygen atoms in total. The highest BCUT2D eigenvalue weighted by Gasteiger charge is 2.26. The Balaban J connectivity index is 2.66. The zero-order valence-corrected chi connectivity index (χ0v) is 16.6. The topological polar surface area (TPSA) is 65.5 Å². The summed E-state index contributed by atoms with van der Waals surface area (Å²) in [7, 11) is 0. The summed E-state index contributed by atoms with van der Waals surface area (Å²) in [5, 5.41) is 9.50. The standard InChI is InChI=1S/C20H34N4O/c1-7-21-18(25)20(5,6)14-24-19(22-8-2)23-13-16(4)17-11-9-15(3)10-12-17/h9-12,16H,7-8,13-14H2,1-6H3,(H,21,25)(H2,22,23,24). The molecule has 1 unspecified atom stereocenters. The van der Waals surface area contributed by atoms with Crippen molar-refractivity contribution in [2.45, 2.75) is 47.5 Å². The summed E-state index contributed by atoms with van der Waals surface area (Å²) in [5.41, 5.74) is 2.05. The third kappa shape index (κ3) is 7.16. The van der Waals surface area contributed by atoms with E-state index in [0.29, 0.717) is 19.0 Å². The van der Waals surface area contributed by atoms with Gasteiger partial charge < -0.3 is 16.0 Å². The van der Waals surface area contributed by atoms with Gasteiger partial charge in [0.15, 0.2) is 5.96 Å². The summed E-state index contributed by atoms with van der Waals surface area (Å²) in [6.45, 7) is 14.7. The molecule has 0 saturated carbocycles. The normalized spacial score (nSPS) is 13.3. The molecule has 1 amide bonds. The van der Waals surface area contributed by atoms with E-state index in [1.807, 2.05) is 27.7 Å². The quantitative estimate of drug-likeness (QED) is 0.501. The van der Waals surface area contributed by atoms with Crippen molar-refractivity contribution in [3.63, 3.8) is 0 Å². The van der Waals surface area contributed by atoms with Crippen LogP contribution in [-0.2, 0) is 4.79 Å². The maximum Gasteiger partial charge on any atom is 0.227 e. The van der Waals surface area contributed by atoms with Crippen LogP contribution in [0.5, 0.6) is 0 Å². The Morgan fingerprint density at radius 2 is 1.68 bits per heavy atom. The number of aliphatic imine (C=N–C) groups is 1. The molecule has 0 spiro atoms. The first-order valence-corrected chi connectivity index (χ1v) is 9.17. The molecule has 0 aromatic heterocycles. The summed E-state index contributed by atoms with van der Waals surface area (Å²) in [5.74, 6) is 1.15. The van der Waals surface area contributed by atoms with E-state index < -0.39 is 5.41 Å². The first-order valence-electron chi connectivity index (χ1n) is 9.17. The first kappa shape index (κ1) is 21.0. The Hall–Kier alpha value is -2.04. The Kier molecular flexibility index (Phi) is 8.46. The van der Waals surface area contributed by atoms with Crippen molar-refractivity contribution in [2.24, 2.45) is 10.4 Å². The molecule has 0 aliphatic heterocycles. The van der Waals surface area contributed by atoms with Gasteiger partial charge >= 0.3 is 0 Å². The van der Waals surface area contributed by atoms with Crippen LogP contribution in [0.25, 0.3) is 0 Å². The second kappa shape index (κ2) is 10.1. The van der Waals surface area contributed by atoms with Gasteiger partial charge in [-0.15, -0.1) is 0 Å². The number of benzene rings is 1. The van der Waals surface area contributed by atoms with E-state index in [1.54, 1.807) is 0 Å². The molecule has 0 aliphatic carbocycles. The van der Waals surface area contributed by atoms with Crippen LogP contribution in [-0.4, -0.2) is 38.0 Å². The molecule has 5 heteroatoms. The lowest BCUT2D eigenvalue weighted by atomic mass is 9.92. The Morgan fingerprint density at radius 3 is 2.24 bits per heavy atom. The molecule has 0 radical (unpaired) electrons. The number of amides is 1. The first-order chi connectivity index (χ1) is 11.8. The molecule has 0 fully saturated rings. The van der Waals surface area contributed by atoms with Gasteiger partial charge in [-0.2, -0.15) is 0 Å². The van der Waals surface area contributed by atoms with Crippen molar-refractivity contribution in [1.29, 1.82) is 0 Å². The van der Waals surface area contributed by atoms with E-state index in [0.717, 1.165) is 19.0 Å². The van der Waals surface area contributed by atoms with Crippen LogP contribution in [0.1, 0.15) is 51.7 Å². The third-order valence-corrected chi connectivity index (χ3v) is 4.15. The monoisotopic (exact) mass is 346 g/mol. The molecule has 1 rings (SSSR count). The molecule has 1 atom stereocenters. The van der Waals surface area contributed by atoms with Crippen molar-refractivity contribution in [1.82, 2.24) is 16.0 Å². The van der Waals surface area contributed by atoms with Gasteiger partial charge in [-0.3, -0.25) is 9.79 Å². The molecule has 0 aliphatic rings. The number of hydrogen-bond acceptors (Lipinski definition) is 2. The fourth-order valence-electron chi connectivity index (χ4n) is 2.35. The molecule has 3 N–H and O–H groups in total. The van der Waals surface area contributed by atoms with Gasteiger partial charge in [0.25, 0.3) is 0 Å². The highest BCUT2D eigenvalue weighted by Crippen LogP contribution is 2.16. The van der Waals surface area contributed by atoms with Gasteiger partial charge in [-0.25, -0.2) is 0 Å². The number of guanidine groups is 1. The van der Waals surface area contributed by atoms with Crippen LogP contribution in [0.15, 0.2) is 29.3 Å². The van der Waals surface area contributed by atoms with Gasteiger partial charge in [0, 0.05) is 19.6 Å². The van der Waals surface area contributed by atoms with Crippen molar-refractivity contribution >= 4 is 11.9 Å². The highest BCUT2D eigenvalue weighted by molar-refractivity contribution is 5.83. The van der Waals surface area contributed by atoms with Crippen molar-refractivity contribution in [3.05, 3.63) is 35.4 Å². The van der Waals surface area contributed by atoms with Gasteiger partial charge in [-0.1, -0.05) is 36.8 Å².